The molecule has 162 valence electrons. The van der Waals surface area contributed by atoms with Crippen molar-refractivity contribution in [1.82, 2.24) is 14.9 Å². The number of piperidine rings is 1. The van der Waals surface area contributed by atoms with E-state index in [1.54, 1.807) is 0 Å². The predicted molar refractivity (Wildman–Crippen MR) is 114 cm³/mol. The number of carbonyl (C=O) groups is 2. The van der Waals surface area contributed by atoms with E-state index < -0.39 is 0 Å². The van der Waals surface area contributed by atoms with Gasteiger partial charge in [0.1, 0.15) is 12.1 Å². The normalized spacial score (nSPS) is 22.1. The third-order valence-electron chi connectivity index (χ3n) is 7.39. The fourth-order valence-corrected chi connectivity index (χ4v) is 5.17. The number of nitrogens with zero attached hydrogens (tertiary/aromatic N) is 3. The number of hydrogen-bond acceptors (Lipinski definition) is 4. The average molecular weight is 423 g/mol. The van der Waals surface area contributed by atoms with Gasteiger partial charge in [0.05, 0.1) is 11.3 Å². The van der Waals surface area contributed by atoms with Gasteiger partial charge < -0.3 is 10.2 Å². The Labute approximate surface area is 181 Å². The number of rotatable bonds is 5. The lowest BCUT2D eigenvalue weighted by atomic mass is 9.79. The van der Waals surface area contributed by atoms with Crippen LogP contribution in [0.2, 0.25) is 0 Å². The average Bonchev–Trinajstić information content (AvgIpc) is 3.53. The summed E-state index contributed by atoms with van der Waals surface area (Å²) in [4.78, 5) is 36.0. The maximum absolute atomic E-state index is 13.1. The minimum atomic E-state index is -0.351. The van der Waals surface area contributed by atoms with E-state index in [-0.39, 0.29) is 17.6 Å². The Morgan fingerprint density at radius 1 is 1.16 bits per heavy atom. The zero-order valence-electron chi connectivity index (χ0n) is 17.5. The van der Waals surface area contributed by atoms with Crippen molar-refractivity contribution in [2.45, 2.75) is 44.9 Å². The number of aromatic nitrogens is 2. The van der Waals surface area contributed by atoms with Crippen LogP contribution in [0, 0.1) is 23.1 Å². The van der Waals surface area contributed by atoms with Crippen LogP contribution >= 0.6 is 0 Å². The third-order valence-corrected chi connectivity index (χ3v) is 7.39. The quantitative estimate of drug-likeness (QED) is 0.794. The van der Waals surface area contributed by atoms with E-state index in [0.29, 0.717) is 34.9 Å². The minimum Gasteiger partial charge on any atom is -0.342 e. The Kier molecular flexibility index (Phi) is 5.20. The van der Waals surface area contributed by atoms with Gasteiger partial charge in [-0.1, -0.05) is 6.42 Å². The second kappa shape index (κ2) is 8.02. The van der Waals surface area contributed by atoms with E-state index in [9.17, 15) is 14.0 Å². The molecule has 1 aromatic heterocycles. The highest BCUT2D eigenvalue weighted by Gasteiger charge is 2.61. The van der Waals surface area contributed by atoms with Gasteiger partial charge in [-0.3, -0.25) is 9.59 Å². The second-order valence-electron chi connectivity index (χ2n) is 9.29. The van der Waals surface area contributed by atoms with Crippen LogP contribution in [0.4, 0.5) is 10.1 Å². The first-order valence-corrected chi connectivity index (χ1v) is 11.2. The fraction of sp³-hybridized carbons (Fsp3) is 0.500. The van der Waals surface area contributed by atoms with Crippen molar-refractivity contribution in [3.05, 3.63) is 53.9 Å². The first kappa shape index (κ1) is 20.1. The molecule has 0 radical (unpaired) electrons. The van der Waals surface area contributed by atoms with Crippen molar-refractivity contribution in [2.24, 2.45) is 17.3 Å². The highest BCUT2D eigenvalue weighted by molar-refractivity contribution is 6.04. The minimum absolute atomic E-state index is 0.279. The summed E-state index contributed by atoms with van der Waals surface area (Å²) < 4.78 is 13.1. The summed E-state index contributed by atoms with van der Waals surface area (Å²) in [5.74, 6) is 0.375. The first-order valence-electron chi connectivity index (χ1n) is 11.2. The highest BCUT2D eigenvalue weighted by Crippen LogP contribution is 2.66. The van der Waals surface area contributed by atoms with Gasteiger partial charge in [-0.25, -0.2) is 14.4 Å². The van der Waals surface area contributed by atoms with E-state index in [0.717, 1.165) is 38.0 Å². The van der Waals surface area contributed by atoms with Gasteiger partial charge in [0, 0.05) is 30.9 Å². The van der Waals surface area contributed by atoms with Crippen molar-refractivity contribution in [2.75, 3.05) is 18.4 Å². The summed E-state index contributed by atoms with van der Waals surface area (Å²) in [6.45, 7) is 1.58. The number of likely N-dealkylation sites (tertiary alicyclic amines) is 1. The third kappa shape index (κ3) is 4.05. The number of anilines is 1. The van der Waals surface area contributed by atoms with Gasteiger partial charge in [0.25, 0.3) is 5.91 Å². The molecule has 1 N–H and O–H groups in total. The van der Waals surface area contributed by atoms with Gasteiger partial charge in [-0.15, -0.1) is 0 Å². The molecule has 1 saturated heterocycles. The summed E-state index contributed by atoms with van der Waals surface area (Å²) in [5, 5.41) is 2.78. The molecule has 2 aromatic rings. The van der Waals surface area contributed by atoms with Crippen LogP contribution < -0.4 is 5.32 Å². The van der Waals surface area contributed by atoms with Crippen molar-refractivity contribution < 1.29 is 14.0 Å². The number of hydrogen-bond donors (Lipinski definition) is 1. The molecular weight excluding hydrogens is 395 g/mol. The van der Waals surface area contributed by atoms with E-state index in [4.69, 9.17) is 0 Å². The highest BCUT2D eigenvalue weighted by atomic mass is 19.1. The van der Waals surface area contributed by atoms with E-state index in [1.807, 2.05) is 0 Å². The maximum atomic E-state index is 13.1. The standard InChI is InChI=1S/C24H27FN4O2/c25-17-2-4-18(5-3-17)28-22(30)19-14-26-15-27-21(19)12-16-6-10-29(11-7-16)23(31)20-13-24(20)8-1-9-24/h2-5,14-16,20H,1,6-13H2,(H,28,30)/t20-/m0/s1. The van der Waals surface area contributed by atoms with Crippen LogP contribution in [0.3, 0.4) is 0 Å². The Morgan fingerprint density at radius 3 is 2.55 bits per heavy atom. The zero-order valence-corrected chi connectivity index (χ0v) is 17.5. The van der Waals surface area contributed by atoms with Gasteiger partial charge in [0.15, 0.2) is 0 Å². The number of amides is 2. The molecular formula is C24H27FN4O2. The molecule has 2 saturated carbocycles. The summed E-state index contributed by atoms with van der Waals surface area (Å²) in [6, 6.07) is 5.66. The van der Waals surface area contributed by atoms with Gasteiger partial charge in [-0.2, -0.15) is 0 Å². The van der Waals surface area contributed by atoms with Crippen LogP contribution in [0.15, 0.2) is 36.8 Å². The van der Waals surface area contributed by atoms with Crippen LogP contribution in [-0.4, -0.2) is 39.8 Å². The van der Waals surface area contributed by atoms with Gasteiger partial charge in [-0.05, 0) is 74.1 Å². The lowest BCUT2D eigenvalue weighted by Gasteiger charge is -2.34. The molecule has 0 bridgehead atoms. The molecule has 1 atom stereocenters. The monoisotopic (exact) mass is 422 g/mol. The SMILES string of the molecule is O=C(Nc1ccc(F)cc1)c1cncnc1CC1CCN(C(=O)[C@@H]2CC23CCC3)CC1. The largest absolute Gasteiger partial charge is 0.342 e. The Hall–Kier alpha value is -2.83. The van der Waals surface area contributed by atoms with Crippen LogP contribution in [0.25, 0.3) is 0 Å². The molecule has 0 unspecified atom stereocenters. The lowest BCUT2D eigenvalue weighted by molar-refractivity contribution is -0.135. The number of benzene rings is 1. The molecule has 5 rings (SSSR count). The van der Waals surface area contributed by atoms with Crippen molar-refractivity contribution in [3.63, 3.8) is 0 Å². The van der Waals surface area contributed by atoms with Crippen LogP contribution in [0.1, 0.15) is 54.6 Å². The molecule has 7 heteroatoms. The molecule has 1 aliphatic heterocycles. The Bertz CT molecular complexity index is 981. The summed E-state index contributed by atoms with van der Waals surface area (Å²) >= 11 is 0. The van der Waals surface area contributed by atoms with Crippen molar-refractivity contribution in [1.29, 1.82) is 0 Å². The molecule has 2 amide bonds. The zero-order chi connectivity index (χ0) is 21.4. The topological polar surface area (TPSA) is 75.2 Å². The molecule has 1 aromatic carbocycles. The van der Waals surface area contributed by atoms with Crippen LogP contribution in [0.5, 0.6) is 0 Å². The van der Waals surface area contributed by atoms with E-state index >= 15 is 0 Å². The lowest BCUT2D eigenvalue weighted by Crippen LogP contribution is -2.41. The Balaban J connectivity index is 1.18. The van der Waals surface area contributed by atoms with Crippen molar-refractivity contribution in [3.8, 4) is 0 Å². The fourth-order valence-electron chi connectivity index (χ4n) is 5.17. The Morgan fingerprint density at radius 2 is 1.90 bits per heavy atom. The first-order chi connectivity index (χ1) is 15.0. The maximum Gasteiger partial charge on any atom is 0.259 e. The summed E-state index contributed by atoms with van der Waals surface area (Å²) in [5.41, 5.74) is 2.06. The van der Waals surface area contributed by atoms with Gasteiger partial charge >= 0.3 is 0 Å². The summed E-state index contributed by atoms with van der Waals surface area (Å²) in [7, 11) is 0. The summed E-state index contributed by atoms with van der Waals surface area (Å²) in [6.07, 6.45) is 10.4. The second-order valence-corrected chi connectivity index (χ2v) is 9.29. The van der Waals surface area contributed by atoms with E-state index in [1.165, 1.54) is 56.1 Å². The molecule has 2 aliphatic carbocycles. The molecule has 2 heterocycles. The van der Waals surface area contributed by atoms with Crippen molar-refractivity contribution >= 4 is 17.5 Å². The molecule has 3 fully saturated rings. The molecule has 6 nitrogen and oxygen atoms in total. The molecule has 1 spiro atoms. The van der Waals surface area contributed by atoms with Crippen LogP contribution in [-0.2, 0) is 11.2 Å². The molecule has 31 heavy (non-hydrogen) atoms. The molecule has 3 aliphatic rings. The number of halogens is 1. The van der Waals surface area contributed by atoms with Gasteiger partial charge in [0.2, 0.25) is 5.91 Å². The predicted octanol–water partition coefficient (Wildman–Crippen LogP) is 3.84. The number of carbonyl (C=O) groups excluding carboxylic acids is 2. The smallest absolute Gasteiger partial charge is 0.259 e. The van der Waals surface area contributed by atoms with E-state index in [2.05, 4.69) is 20.2 Å². The number of nitrogens with one attached hydrogen (secondary N) is 1.